The first-order valence-corrected chi connectivity index (χ1v) is 8.13. The molecular weight excluding hydrogens is 321 g/mol. The van der Waals surface area contributed by atoms with E-state index in [9.17, 15) is 18.0 Å². The molecule has 0 bridgehead atoms. The van der Waals surface area contributed by atoms with Gasteiger partial charge in [0.25, 0.3) is 5.91 Å². The van der Waals surface area contributed by atoms with Crippen molar-refractivity contribution < 1.29 is 22.7 Å². The predicted molar refractivity (Wildman–Crippen MR) is 84.8 cm³/mol. The van der Waals surface area contributed by atoms with Gasteiger partial charge in [0.05, 0.1) is 5.56 Å². The van der Waals surface area contributed by atoms with Crippen molar-refractivity contribution in [3.8, 4) is 5.75 Å². The fourth-order valence-corrected chi connectivity index (χ4v) is 2.88. The number of ether oxygens (including phenoxy) is 1. The van der Waals surface area contributed by atoms with E-state index < -0.39 is 11.7 Å². The minimum atomic E-state index is -4.49. The Labute approximate surface area is 140 Å². The number of carbonyl (C=O) groups is 1. The van der Waals surface area contributed by atoms with Gasteiger partial charge >= 0.3 is 6.18 Å². The largest absolute Gasteiger partial charge is 0.483 e. The van der Waals surface area contributed by atoms with Crippen LogP contribution in [0.2, 0.25) is 0 Å². The first-order valence-electron chi connectivity index (χ1n) is 8.13. The second-order valence-electron chi connectivity index (χ2n) is 6.00. The Morgan fingerprint density at radius 2 is 1.96 bits per heavy atom. The third-order valence-corrected chi connectivity index (χ3v) is 4.31. The Morgan fingerprint density at radius 3 is 2.58 bits per heavy atom. The number of benzene rings is 1. The summed E-state index contributed by atoms with van der Waals surface area (Å²) in [5, 5.41) is 3.11. The van der Waals surface area contributed by atoms with E-state index in [2.05, 4.69) is 5.32 Å². The van der Waals surface area contributed by atoms with Gasteiger partial charge in [0.15, 0.2) is 6.61 Å². The number of likely N-dealkylation sites (tertiary alicyclic amines) is 1. The number of nitrogens with one attached hydrogen (secondary N) is 1. The first kappa shape index (κ1) is 18.6. The molecule has 1 N–H and O–H groups in total. The third-order valence-electron chi connectivity index (χ3n) is 4.31. The van der Waals surface area contributed by atoms with Gasteiger partial charge in [-0.15, -0.1) is 0 Å². The molecular formula is C17H23F3N2O2. The lowest BCUT2D eigenvalue weighted by Crippen LogP contribution is -2.41. The van der Waals surface area contributed by atoms with Crippen molar-refractivity contribution in [2.24, 2.45) is 5.92 Å². The number of halogens is 3. The fraction of sp³-hybridized carbons (Fsp3) is 0.588. The maximum absolute atomic E-state index is 12.9. The molecule has 1 aliphatic rings. The minimum absolute atomic E-state index is 0.265. The molecule has 7 heteroatoms. The second kappa shape index (κ2) is 8.37. The van der Waals surface area contributed by atoms with Gasteiger partial charge in [0.2, 0.25) is 0 Å². The molecule has 1 heterocycles. The van der Waals surface area contributed by atoms with E-state index in [0.717, 1.165) is 31.9 Å². The molecule has 1 saturated heterocycles. The topological polar surface area (TPSA) is 41.6 Å². The Hall–Kier alpha value is -1.76. The van der Waals surface area contributed by atoms with Gasteiger partial charge in [-0.25, -0.2) is 0 Å². The predicted octanol–water partition coefficient (Wildman–Crippen LogP) is 2.93. The summed E-state index contributed by atoms with van der Waals surface area (Å²) in [5.74, 6) is 0.0228. The van der Waals surface area contributed by atoms with Crippen LogP contribution in [-0.4, -0.2) is 44.1 Å². The SMILES string of the molecule is CNCCC1CCN(C(=O)COc2ccccc2C(F)(F)F)CC1. The van der Waals surface area contributed by atoms with Crippen LogP contribution in [0.25, 0.3) is 0 Å². The van der Waals surface area contributed by atoms with Crippen LogP contribution >= 0.6 is 0 Å². The number of amides is 1. The van der Waals surface area contributed by atoms with E-state index in [1.807, 2.05) is 7.05 Å². The Kier molecular flexibility index (Phi) is 6.48. The summed E-state index contributed by atoms with van der Waals surface area (Å²) in [6.07, 6.45) is -1.57. The molecule has 0 atom stereocenters. The molecule has 0 radical (unpaired) electrons. The van der Waals surface area contributed by atoms with Gasteiger partial charge in [-0.3, -0.25) is 4.79 Å². The van der Waals surface area contributed by atoms with Crippen molar-refractivity contribution >= 4 is 5.91 Å². The highest BCUT2D eigenvalue weighted by Gasteiger charge is 2.34. The van der Waals surface area contributed by atoms with Crippen LogP contribution in [0.15, 0.2) is 24.3 Å². The maximum Gasteiger partial charge on any atom is 0.419 e. The summed E-state index contributed by atoms with van der Waals surface area (Å²) >= 11 is 0. The molecule has 4 nitrogen and oxygen atoms in total. The highest BCUT2D eigenvalue weighted by molar-refractivity contribution is 5.77. The Balaban J connectivity index is 1.84. The monoisotopic (exact) mass is 344 g/mol. The van der Waals surface area contributed by atoms with Gasteiger partial charge in [-0.1, -0.05) is 12.1 Å². The lowest BCUT2D eigenvalue weighted by atomic mass is 9.93. The summed E-state index contributed by atoms with van der Waals surface area (Å²) in [5.41, 5.74) is -0.858. The van der Waals surface area contributed by atoms with Crippen molar-refractivity contribution in [2.45, 2.75) is 25.4 Å². The summed E-state index contributed by atoms with van der Waals surface area (Å²) < 4.78 is 43.8. The van der Waals surface area contributed by atoms with E-state index in [-0.39, 0.29) is 18.3 Å². The number of carbonyl (C=O) groups excluding carboxylic acids is 1. The third kappa shape index (κ3) is 5.12. The lowest BCUT2D eigenvalue weighted by molar-refractivity contribution is -0.141. The van der Waals surface area contributed by atoms with Gasteiger partial charge in [-0.2, -0.15) is 13.2 Å². The number of hydrogen-bond donors (Lipinski definition) is 1. The Morgan fingerprint density at radius 1 is 1.29 bits per heavy atom. The van der Waals surface area contributed by atoms with Crippen molar-refractivity contribution in [1.29, 1.82) is 0 Å². The normalized spacial score (nSPS) is 16.2. The van der Waals surface area contributed by atoms with E-state index in [1.165, 1.54) is 18.2 Å². The van der Waals surface area contributed by atoms with Gasteiger partial charge in [0.1, 0.15) is 5.75 Å². The van der Waals surface area contributed by atoms with Crippen LogP contribution in [0.5, 0.6) is 5.75 Å². The number of para-hydroxylation sites is 1. The molecule has 0 aliphatic carbocycles. The van der Waals surface area contributed by atoms with Gasteiger partial charge < -0.3 is 15.0 Å². The molecule has 0 unspecified atom stereocenters. The molecule has 2 rings (SSSR count). The molecule has 1 amide bonds. The van der Waals surface area contributed by atoms with E-state index in [0.29, 0.717) is 19.0 Å². The minimum Gasteiger partial charge on any atom is -0.483 e. The summed E-state index contributed by atoms with van der Waals surface area (Å²) in [4.78, 5) is 13.8. The molecule has 24 heavy (non-hydrogen) atoms. The zero-order chi connectivity index (χ0) is 17.6. The molecule has 0 saturated carbocycles. The quantitative estimate of drug-likeness (QED) is 0.863. The highest BCUT2D eigenvalue weighted by Crippen LogP contribution is 2.35. The lowest BCUT2D eigenvalue weighted by Gasteiger charge is -2.32. The summed E-state index contributed by atoms with van der Waals surface area (Å²) in [6, 6.07) is 4.95. The number of piperidine rings is 1. The van der Waals surface area contributed by atoms with Crippen LogP contribution in [-0.2, 0) is 11.0 Å². The number of hydrogen-bond acceptors (Lipinski definition) is 3. The molecule has 0 spiro atoms. The number of nitrogens with zero attached hydrogens (tertiary/aromatic N) is 1. The molecule has 1 aromatic rings. The van der Waals surface area contributed by atoms with Crippen LogP contribution in [0.4, 0.5) is 13.2 Å². The van der Waals surface area contributed by atoms with Crippen LogP contribution in [0, 0.1) is 5.92 Å². The fourth-order valence-electron chi connectivity index (χ4n) is 2.88. The highest BCUT2D eigenvalue weighted by atomic mass is 19.4. The van der Waals surface area contributed by atoms with Crippen molar-refractivity contribution in [3.05, 3.63) is 29.8 Å². The van der Waals surface area contributed by atoms with E-state index in [1.54, 1.807) is 4.90 Å². The summed E-state index contributed by atoms with van der Waals surface area (Å²) in [7, 11) is 1.91. The van der Waals surface area contributed by atoms with E-state index in [4.69, 9.17) is 4.74 Å². The maximum atomic E-state index is 12.9. The number of alkyl halides is 3. The summed E-state index contributed by atoms with van der Waals surface area (Å²) in [6.45, 7) is 1.86. The average Bonchev–Trinajstić information content (AvgIpc) is 2.57. The molecule has 0 aromatic heterocycles. The van der Waals surface area contributed by atoms with Crippen LogP contribution in [0.3, 0.4) is 0 Å². The Bertz CT molecular complexity index is 541. The van der Waals surface area contributed by atoms with Crippen LogP contribution < -0.4 is 10.1 Å². The molecule has 1 aliphatic heterocycles. The zero-order valence-electron chi connectivity index (χ0n) is 13.7. The van der Waals surface area contributed by atoms with Crippen LogP contribution in [0.1, 0.15) is 24.8 Å². The van der Waals surface area contributed by atoms with Crippen molar-refractivity contribution in [3.63, 3.8) is 0 Å². The van der Waals surface area contributed by atoms with Crippen molar-refractivity contribution in [1.82, 2.24) is 10.2 Å². The van der Waals surface area contributed by atoms with Crippen molar-refractivity contribution in [2.75, 3.05) is 33.3 Å². The standard InChI is InChI=1S/C17H23F3N2O2/c1-21-9-6-13-7-10-22(11-8-13)16(23)12-24-15-5-3-2-4-14(15)17(18,19)20/h2-5,13,21H,6-12H2,1H3. The molecule has 1 aromatic carbocycles. The van der Waals surface area contributed by atoms with Gasteiger partial charge in [-0.05, 0) is 50.9 Å². The molecule has 134 valence electrons. The number of rotatable bonds is 6. The van der Waals surface area contributed by atoms with Gasteiger partial charge in [0, 0.05) is 13.1 Å². The average molecular weight is 344 g/mol. The van der Waals surface area contributed by atoms with E-state index >= 15 is 0 Å². The second-order valence-corrected chi connectivity index (χ2v) is 6.00. The smallest absolute Gasteiger partial charge is 0.419 e. The zero-order valence-corrected chi connectivity index (χ0v) is 13.7. The molecule has 1 fully saturated rings. The first-order chi connectivity index (χ1) is 11.4.